The van der Waals surface area contributed by atoms with Crippen LogP contribution < -0.4 is 16.2 Å². The predicted molar refractivity (Wildman–Crippen MR) is 75.1 cm³/mol. The third-order valence-corrected chi connectivity index (χ3v) is 4.84. The Morgan fingerprint density at radius 3 is 2.16 bits per heavy atom. The average Bonchev–Trinajstić information content (AvgIpc) is 3.19. The van der Waals surface area contributed by atoms with Crippen LogP contribution in [0.1, 0.15) is 25.7 Å². The lowest BCUT2D eigenvalue weighted by Crippen LogP contribution is -2.25. The van der Waals surface area contributed by atoms with E-state index in [0.29, 0.717) is 11.7 Å². The number of hydrogen-bond donors (Lipinski definition) is 3. The molecule has 2 aliphatic carbocycles. The summed E-state index contributed by atoms with van der Waals surface area (Å²) in [6.45, 7) is 0. The first kappa shape index (κ1) is 12.7. The van der Waals surface area contributed by atoms with Gasteiger partial charge < -0.3 is 11.1 Å². The second-order valence-electron chi connectivity index (χ2n) is 5.64. The van der Waals surface area contributed by atoms with Crippen molar-refractivity contribution in [2.75, 3.05) is 11.1 Å². The summed E-state index contributed by atoms with van der Waals surface area (Å²) in [6, 6.07) is 5.13. The van der Waals surface area contributed by atoms with E-state index in [1.165, 1.54) is 37.8 Å². The molecule has 0 aliphatic heterocycles. The molecule has 0 heterocycles. The molecule has 5 N–H and O–H groups in total. The van der Waals surface area contributed by atoms with Crippen LogP contribution in [0.25, 0.3) is 0 Å². The summed E-state index contributed by atoms with van der Waals surface area (Å²) in [5.41, 5.74) is 7.18. The smallest absolute Gasteiger partial charge is 0.238 e. The van der Waals surface area contributed by atoms with Crippen molar-refractivity contribution < 1.29 is 8.42 Å². The molecule has 6 heteroatoms. The molecule has 0 aromatic heterocycles. The largest absolute Gasteiger partial charge is 0.397 e. The van der Waals surface area contributed by atoms with Crippen molar-refractivity contribution in [3.8, 4) is 0 Å². The first-order chi connectivity index (χ1) is 8.95. The Balaban J connectivity index is 1.81. The quantitative estimate of drug-likeness (QED) is 0.713. The van der Waals surface area contributed by atoms with E-state index < -0.39 is 10.0 Å². The van der Waals surface area contributed by atoms with Gasteiger partial charge in [0.15, 0.2) is 0 Å². The minimum Gasteiger partial charge on any atom is -0.397 e. The van der Waals surface area contributed by atoms with Gasteiger partial charge in [-0.2, -0.15) is 0 Å². The van der Waals surface area contributed by atoms with Crippen molar-refractivity contribution in [1.29, 1.82) is 0 Å². The molecular weight excluding hydrogens is 262 g/mol. The molecule has 0 spiro atoms. The maximum Gasteiger partial charge on any atom is 0.238 e. The van der Waals surface area contributed by atoms with Crippen LogP contribution in [-0.4, -0.2) is 14.5 Å². The third-order valence-electron chi connectivity index (χ3n) is 3.93. The highest BCUT2D eigenvalue weighted by atomic mass is 32.2. The molecule has 3 rings (SSSR count). The van der Waals surface area contributed by atoms with Crippen LogP contribution >= 0.6 is 0 Å². The Morgan fingerprint density at radius 2 is 1.74 bits per heavy atom. The summed E-state index contributed by atoms with van der Waals surface area (Å²) in [5.74, 6) is 1.51. The topological polar surface area (TPSA) is 98.2 Å². The number of benzene rings is 1. The summed E-state index contributed by atoms with van der Waals surface area (Å²) in [4.78, 5) is 0.0601. The summed E-state index contributed by atoms with van der Waals surface area (Å²) in [5, 5.41) is 8.58. The zero-order valence-electron chi connectivity index (χ0n) is 10.7. The zero-order chi connectivity index (χ0) is 13.6. The Morgan fingerprint density at radius 1 is 1.16 bits per heavy atom. The van der Waals surface area contributed by atoms with Gasteiger partial charge in [0.2, 0.25) is 10.0 Å². The summed E-state index contributed by atoms with van der Waals surface area (Å²) in [6.07, 6.45) is 5.12. The van der Waals surface area contributed by atoms with Gasteiger partial charge in [-0.05, 0) is 55.7 Å². The van der Waals surface area contributed by atoms with E-state index in [1.807, 2.05) is 0 Å². The van der Waals surface area contributed by atoms with Crippen LogP contribution in [0.5, 0.6) is 0 Å². The van der Waals surface area contributed by atoms with E-state index >= 15 is 0 Å². The molecule has 0 unspecified atom stereocenters. The first-order valence-corrected chi connectivity index (χ1v) is 8.18. The molecule has 19 heavy (non-hydrogen) atoms. The first-order valence-electron chi connectivity index (χ1n) is 6.64. The van der Waals surface area contributed by atoms with Crippen molar-refractivity contribution in [3.63, 3.8) is 0 Å². The third kappa shape index (κ3) is 2.84. The number of primary sulfonamides is 1. The highest BCUT2D eigenvalue weighted by Crippen LogP contribution is 2.46. The molecule has 2 saturated carbocycles. The molecule has 0 amide bonds. The number of anilines is 2. The number of hydrogen-bond acceptors (Lipinski definition) is 4. The van der Waals surface area contributed by atoms with Gasteiger partial charge in [0.05, 0.1) is 16.3 Å². The lowest BCUT2D eigenvalue weighted by atomic mass is 10.1. The zero-order valence-corrected chi connectivity index (χ0v) is 11.5. The maximum atomic E-state index is 11.3. The van der Waals surface area contributed by atoms with Crippen molar-refractivity contribution in [2.24, 2.45) is 17.0 Å². The van der Waals surface area contributed by atoms with Crippen LogP contribution in [0.3, 0.4) is 0 Å². The second-order valence-corrected chi connectivity index (χ2v) is 7.20. The minimum absolute atomic E-state index is 0.0601. The van der Waals surface area contributed by atoms with Crippen LogP contribution in [0.2, 0.25) is 0 Å². The predicted octanol–water partition coefficient (Wildman–Crippen LogP) is 1.52. The summed E-state index contributed by atoms with van der Waals surface area (Å²) < 4.78 is 22.5. The van der Waals surface area contributed by atoms with Gasteiger partial charge in [-0.15, -0.1) is 0 Å². The van der Waals surface area contributed by atoms with Crippen molar-refractivity contribution in [3.05, 3.63) is 18.2 Å². The molecule has 2 fully saturated rings. The Kier molecular flexibility index (Phi) is 2.94. The molecule has 0 radical (unpaired) electrons. The normalized spacial score (nSPS) is 19.7. The van der Waals surface area contributed by atoms with Crippen molar-refractivity contribution >= 4 is 21.4 Å². The fourth-order valence-corrected chi connectivity index (χ4v) is 3.11. The number of sulfonamides is 1. The number of nitrogen functional groups attached to an aromatic ring is 1. The Bertz CT molecular complexity index is 580. The number of nitrogens with one attached hydrogen (secondary N) is 1. The molecule has 0 saturated heterocycles. The van der Waals surface area contributed by atoms with Gasteiger partial charge in [0.1, 0.15) is 0 Å². The lowest BCUT2D eigenvalue weighted by Gasteiger charge is -2.20. The Hall–Kier alpha value is -1.27. The molecule has 104 valence electrons. The van der Waals surface area contributed by atoms with E-state index in [9.17, 15) is 8.42 Å². The van der Waals surface area contributed by atoms with Crippen molar-refractivity contribution in [1.82, 2.24) is 0 Å². The fraction of sp³-hybridized carbons (Fsp3) is 0.538. The number of nitrogens with two attached hydrogens (primary N) is 2. The molecule has 1 aromatic carbocycles. The van der Waals surface area contributed by atoms with Gasteiger partial charge >= 0.3 is 0 Å². The SMILES string of the molecule is Nc1cc(S(N)(=O)=O)ccc1NC(C1CC1)C1CC1. The van der Waals surface area contributed by atoms with Crippen molar-refractivity contribution in [2.45, 2.75) is 36.6 Å². The molecular formula is C13H19N3O2S. The lowest BCUT2D eigenvalue weighted by molar-refractivity contribution is 0.568. The van der Waals surface area contributed by atoms with E-state index in [4.69, 9.17) is 10.9 Å². The van der Waals surface area contributed by atoms with Crippen LogP contribution in [0, 0.1) is 11.8 Å². The van der Waals surface area contributed by atoms with Gasteiger partial charge in [-0.1, -0.05) is 0 Å². The standard InChI is InChI=1S/C13H19N3O2S/c14-11-7-10(19(15,17)18)5-6-12(11)16-13(8-1-2-8)9-3-4-9/h5-9,13,16H,1-4,14H2,(H2,15,17,18). The van der Waals surface area contributed by atoms with E-state index in [1.54, 1.807) is 6.07 Å². The highest BCUT2D eigenvalue weighted by Gasteiger charge is 2.41. The molecule has 5 nitrogen and oxygen atoms in total. The average molecular weight is 281 g/mol. The van der Waals surface area contributed by atoms with Crippen LogP contribution in [0.4, 0.5) is 11.4 Å². The molecule has 0 bridgehead atoms. The van der Waals surface area contributed by atoms with Crippen LogP contribution in [-0.2, 0) is 10.0 Å². The van der Waals surface area contributed by atoms with E-state index in [-0.39, 0.29) is 4.90 Å². The van der Waals surface area contributed by atoms with Gasteiger partial charge in [0.25, 0.3) is 0 Å². The maximum absolute atomic E-state index is 11.3. The molecule has 1 aromatic rings. The molecule has 2 aliphatic rings. The van der Waals surface area contributed by atoms with E-state index in [0.717, 1.165) is 17.5 Å². The summed E-state index contributed by atoms with van der Waals surface area (Å²) >= 11 is 0. The highest BCUT2D eigenvalue weighted by molar-refractivity contribution is 7.89. The Labute approximate surface area is 113 Å². The molecule has 0 atom stereocenters. The summed E-state index contributed by atoms with van der Waals surface area (Å²) in [7, 11) is -3.69. The minimum atomic E-state index is -3.69. The van der Waals surface area contributed by atoms with E-state index in [2.05, 4.69) is 5.32 Å². The van der Waals surface area contributed by atoms with Gasteiger partial charge in [-0.3, -0.25) is 0 Å². The van der Waals surface area contributed by atoms with Gasteiger partial charge in [0, 0.05) is 6.04 Å². The second kappa shape index (κ2) is 4.38. The monoisotopic (exact) mass is 281 g/mol. The number of rotatable bonds is 5. The fourth-order valence-electron chi connectivity index (χ4n) is 2.56. The van der Waals surface area contributed by atoms with Gasteiger partial charge in [-0.25, -0.2) is 13.6 Å². The van der Waals surface area contributed by atoms with Crippen LogP contribution in [0.15, 0.2) is 23.1 Å².